The summed E-state index contributed by atoms with van der Waals surface area (Å²) in [5, 5.41) is 11.1. The van der Waals surface area contributed by atoms with Crippen LogP contribution in [0.2, 0.25) is 36.3 Å². The monoisotopic (exact) mass is 753 g/mol. The average molecular weight is 754 g/mol. The number of hydrogen-bond acceptors (Lipinski definition) is 9. The molecule has 0 saturated carbocycles. The number of carbonyl (C=O) groups excluding carboxylic acids is 1. The Morgan fingerprint density at radius 3 is 2.13 bits per heavy atom. The molecule has 52 heavy (non-hydrogen) atoms. The second-order valence-corrected chi connectivity index (χ2v) is 27.2. The summed E-state index contributed by atoms with van der Waals surface area (Å²) >= 11 is 0. The highest BCUT2D eigenvalue weighted by Crippen LogP contribution is 2.49. The van der Waals surface area contributed by atoms with Crippen molar-refractivity contribution in [3.63, 3.8) is 0 Å². The number of carbonyl (C=O) groups is 1. The maximum Gasteiger partial charge on any atom is 0.330 e. The van der Waals surface area contributed by atoms with Gasteiger partial charge in [0.2, 0.25) is 5.91 Å². The molecular formula is C38H59N5O7Si2. The molecule has 3 fully saturated rings. The molecule has 1 N–H and O–H groups in total. The number of hydroxylamine groups is 2. The van der Waals surface area contributed by atoms with Gasteiger partial charge in [0.05, 0.1) is 18.4 Å². The van der Waals surface area contributed by atoms with E-state index in [4.69, 9.17) is 18.4 Å². The van der Waals surface area contributed by atoms with Gasteiger partial charge in [0.1, 0.15) is 24.4 Å². The van der Waals surface area contributed by atoms with Crippen molar-refractivity contribution in [2.45, 2.75) is 147 Å². The lowest BCUT2D eigenvalue weighted by Gasteiger charge is -2.44. The zero-order valence-corrected chi connectivity index (χ0v) is 34.7. The number of nitrogens with zero attached hydrogens (tertiary/aromatic N) is 4. The van der Waals surface area contributed by atoms with E-state index in [0.29, 0.717) is 19.6 Å². The molecule has 286 valence electrons. The molecule has 4 heterocycles. The van der Waals surface area contributed by atoms with Crippen LogP contribution in [0.3, 0.4) is 0 Å². The molecule has 0 radical (unpaired) electrons. The number of rotatable bonds is 10. The standard InChI is InChI=1S/C38H59N5O7Si2/c1-37(2,3)51(7,8)49-32-31(47-35(42-24-20-28(44)40-36(42)46)33(32)50-52(9,10)38(4,5)6)30-29-27(43(48-30)25-26-17-12-11-13-18-26)19-14-15-22-41(34(29)45)23-16-21-39/h11-13,17-18,20,24,27,29-33,35H,14-16,19,22-23,25H2,1-10H3,(H,40,44,46)/t27-,29+,30+,31+,32+,33+,35+/m0/s1. The van der Waals surface area contributed by atoms with Gasteiger partial charge in [-0.3, -0.25) is 24.0 Å². The first-order chi connectivity index (χ1) is 24.3. The van der Waals surface area contributed by atoms with E-state index in [2.05, 4.69) is 78.8 Å². The molecule has 2 aromatic rings. The number of nitriles is 1. The Hall–Kier alpha value is -2.91. The number of aromatic amines is 1. The zero-order valence-electron chi connectivity index (χ0n) is 32.7. The highest BCUT2D eigenvalue weighted by atomic mass is 28.4. The number of H-pyrrole nitrogens is 1. The van der Waals surface area contributed by atoms with Crippen LogP contribution in [-0.4, -0.2) is 85.6 Å². The molecule has 3 saturated heterocycles. The number of likely N-dealkylation sites (tertiary alicyclic amines) is 1. The van der Waals surface area contributed by atoms with Crippen LogP contribution in [0.25, 0.3) is 0 Å². The molecule has 7 atom stereocenters. The molecule has 1 aromatic heterocycles. The van der Waals surface area contributed by atoms with Crippen molar-refractivity contribution in [1.29, 1.82) is 5.26 Å². The third kappa shape index (κ3) is 8.41. The smallest absolute Gasteiger partial charge is 0.330 e. The highest BCUT2D eigenvalue weighted by Gasteiger charge is 2.62. The molecule has 3 aliphatic heterocycles. The minimum absolute atomic E-state index is 0.0679. The maximum atomic E-state index is 14.8. The second kappa shape index (κ2) is 15.4. The Morgan fingerprint density at radius 1 is 0.904 bits per heavy atom. The van der Waals surface area contributed by atoms with Crippen LogP contribution < -0.4 is 11.2 Å². The fourth-order valence-corrected chi connectivity index (χ4v) is 9.55. The predicted molar refractivity (Wildman–Crippen MR) is 204 cm³/mol. The minimum Gasteiger partial charge on any atom is -0.408 e. The summed E-state index contributed by atoms with van der Waals surface area (Å²) < 4.78 is 23.0. The van der Waals surface area contributed by atoms with Gasteiger partial charge in [0.15, 0.2) is 22.9 Å². The van der Waals surface area contributed by atoms with E-state index in [1.807, 2.05) is 40.3 Å². The van der Waals surface area contributed by atoms with Crippen LogP contribution in [0.4, 0.5) is 0 Å². The van der Waals surface area contributed by atoms with Crippen LogP contribution in [0.5, 0.6) is 0 Å². The lowest BCUT2D eigenvalue weighted by atomic mass is 9.84. The molecule has 1 aromatic carbocycles. The Bertz CT molecular complexity index is 1710. The van der Waals surface area contributed by atoms with Gasteiger partial charge in [0, 0.05) is 37.9 Å². The molecule has 0 unspecified atom stereocenters. The summed E-state index contributed by atoms with van der Waals surface area (Å²) in [5.74, 6) is -0.695. The Morgan fingerprint density at radius 2 is 1.54 bits per heavy atom. The van der Waals surface area contributed by atoms with Crippen LogP contribution in [0, 0.1) is 17.2 Å². The minimum atomic E-state index is -2.56. The first kappa shape index (κ1) is 40.3. The molecular weight excluding hydrogens is 695 g/mol. The van der Waals surface area contributed by atoms with Crippen molar-refractivity contribution in [2.24, 2.45) is 5.92 Å². The van der Waals surface area contributed by atoms with Gasteiger partial charge in [0.25, 0.3) is 5.56 Å². The topological polar surface area (TPSA) is 139 Å². The quantitative estimate of drug-likeness (QED) is 0.292. The van der Waals surface area contributed by atoms with E-state index in [9.17, 15) is 19.6 Å². The van der Waals surface area contributed by atoms with Crippen molar-refractivity contribution < 1.29 is 23.2 Å². The summed E-state index contributed by atoms with van der Waals surface area (Å²) in [6.45, 7) is 23.0. The first-order valence-electron chi connectivity index (χ1n) is 18.7. The van der Waals surface area contributed by atoms with Crippen LogP contribution >= 0.6 is 0 Å². The van der Waals surface area contributed by atoms with Gasteiger partial charge in [-0.15, -0.1) is 0 Å². The van der Waals surface area contributed by atoms with Gasteiger partial charge >= 0.3 is 5.69 Å². The molecule has 0 bridgehead atoms. The van der Waals surface area contributed by atoms with Crippen LogP contribution in [0.15, 0.2) is 52.2 Å². The molecule has 14 heteroatoms. The number of nitrogens with one attached hydrogen (secondary N) is 1. The summed E-state index contributed by atoms with van der Waals surface area (Å²) in [4.78, 5) is 51.7. The summed E-state index contributed by atoms with van der Waals surface area (Å²) in [7, 11) is -5.10. The van der Waals surface area contributed by atoms with E-state index in [1.54, 1.807) is 0 Å². The fourth-order valence-electron chi connectivity index (χ4n) is 6.97. The normalized spacial score (nSPS) is 28.0. The van der Waals surface area contributed by atoms with Gasteiger partial charge < -0.3 is 18.5 Å². The summed E-state index contributed by atoms with van der Waals surface area (Å²) in [6.07, 6.45) is 0.111. The summed E-state index contributed by atoms with van der Waals surface area (Å²) in [5.41, 5.74) is -0.0764. The van der Waals surface area contributed by atoms with E-state index in [-0.39, 0.29) is 28.4 Å². The van der Waals surface area contributed by atoms with Crippen molar-refractivity contribution >= 4 is 22.5 Å². The second-order valence-electron chi connectivity index (χ2n) is 17.6. The number of fused-ring (bicyclic) bond motifs is 1. The number of aromatic nitrogens is 2. The van der Waals surface area contributed by atoms with Crippen molar-refractivity contribution in [3.8, 4) is 6.07 Å². The van der Waals surface area contributed by atoms with E-state index in [1.165, 1.54) is 16.8 Å². The van der Waals surface area contributed by atoms with Crippen molar-refractivity contribution in [3.05, 3.63) is 69.0 Å². The van der Waals surface area contributed by atoms with Gasteiger partial charge in [-0.25, -0.2) is 4.79 Å². The Labute approximate surface area is 310 Å². The van der Waals surface area contributed by atoms with Crippen LogP contribution in [0.1, 0.15) is 79.0 Å². The largest absolute Gasteiger partial charge is 0.408 e. The van der Waals surface area contributed by atoms with E-state index in [0.717, 1.165) is 24.8 Å². The van der Waals surface area contributed by atoms with Crippen molar-refractivity contribution in [1.82, 2.24) is 19.5 Å². The Balaban J connectivity index is 1.68. The zero-order chi connectivity index (χ0) is 38.2. The third-order valence-corrected chi connectivity index (χ3v) is 20.9. The lowest BCUT2D eigenvalue weighted by molar-refractivity contribution is -0.207. The lowest BCUT2D eigenvalue weighted by Crippen LogP contribution is -2.56. The highest BCUT2D eigenvalue weighted by molar-refractivity contribution is 6.74. The fraction of sp³-hybridized carbons (Fsp3) is 0.684. The van der Waals surface area contributed by atoms with Gasteiger partial charge in [-0.05, 0) is 54.7 Å². The average Bonchev–Trinajstić information content (AvgIpc) is 3.55. The van der Waals surface area contributed by atoms with Crippen LogP contribution in [-0.2, 0) is 29.8 Å². The van der Waals surface area contributed by atoms with Crippen molar-refractivity contribution in [2.75, 3.05) is 13.1 Å². The molecule has 0 spiro atoms. The SMILES string of the molecule is CC(C)(C)[Si](C)(C)O[C@@H]1[C@@H]([C@@H]2ON(Cc3ccccc3)[C@H]3CCCCN(CCC#N)C(=O)[C@@H]23)O[C@@H](n2ccc(=O)[nH]c2=O)[C@@H]1O[Si](C)(C)C(C)(C)C. The number of benzene rings is 1. The third-order valence-electron chi connectivity index (χ3n) is 12.0. The molecule has 12 nitrogen and oxygen atoms in total. The number of hydrogen-bond donors (Lipinski definition) is 1. The molecule has 0 aliphatic carbocycles. The molecule has 5 rings (SSSR count). The van der Waals surface area contributed by atoms with E-state index >= 15 is 0 Å². The Kier molecular flexibility index (Phi) is 12.0. The number of amides is 1. The summed E-state index contributed by atoms with van der Waals surface area (Å²) in [6, 6.07) is 13.3. The predicted octanol–water partition coefficient (Wildman–Crippen LogP) is 5.94. The van der Waals surface area contributed by atoms with Gasteiger partial charge in [-0.2, -0.15) is 10.3 Å². The number of ether oxygens (including phenoxy) is 1. The first-order valence-corrected chi connectivity index (χ1v) is 24.5. The maximum absolute atomic E-state index is 14.8. The molecule has 3 aliphatic rings. The molecule has 1 amide bonds. The van der Waals surface area contributed by atoms with Gasteiger partial charge in [-0.1, -0.05) is 78.3 Å². The van der Waals surface area contributed by atoms with E-state index < -0.39 is 64.4 Å².